The third-order valence-corrected chi connectivity index (χ3v) is 6.35. The van der Waals surface area contributed by atoms with Gasteiger partial charge < -0.3 is 25.6 Å². The number of fused-ring (bicyclic) bond motifs is 1. The van der Waals surface area contributed by atoms with Gasteiger partial charge in [-0.3, -0.25) is 14.0 Å². The van der Waals surface area contributed by atoms with Gasteiger partial charge in [0, 0.05) is 18.7 Å². The molecule has 0 aliphatic heterocycles. The van der Waals surface area contributed by atoms with Gasteiger partial charge in [-0.2, -0.15) is 0 Å². The first-order chi connectivity index (χ1) is 18.0. The molecule has 0 bridgehead atoms. The van der Waals surface area contributed by atoms with E-state index in [0.29, 0.717) is 37.9 Å². The number of nitrogens with zero attached hydrogens (tertiary/aromatic N) is 3. The first-order valence-electron chi connectivity index (χ1n) is 12.4. The van der Waals surface area contributed by atoms with Gasteiger partial charge in [0.05, 0.1) is 23.9 Å². The summed E-state index contributed by atoms with van der Waals surface area (Å²) in [6.07, 6.45) is 2.49. The van der Waals surface area contributed by atoms with Crippen LogP contribution in [0.5, 0.6) is 11.6 Å². The van der Waals surface area contributed by atoms with Crippen molar-refractivity contribution >= 4 is 17.3 Å². The molecule has 0 unspecified atom stereocenters. The number of nitrogens with one attached hydrogen (secondary N) is 1. The molecular formula is C26H31F2N5O5. The molecule has 2 amide bonds. The SMILES string of the molecule is CC(C)(O)CCOc1ccc2c(C(=O)NC3CCC(Oc4ncccc4C(N)=O)CC3)nc(C(F)F)n2c1. The lowest BCUT2D eigenvalue weighted by molar-refractivity contribution is 0.0552. The Morgan fingerprint density at radius 1 is 1.24 bits per heavy atom. The zero-order chi connectivity index (χ0) is 27.4. The molecule has 3 heterocycles. The third kappa shape index (κ3) is 6.55. The lowest BCUT2D eigenvalue weighted by Crippen LogP contribution is -2.40. The average Bonchev–Trinajstić information content (AvgIpc) is 3.24. The average molecular weight is 532 g/mol. The first-order valence-corrected chi connectivity index (χ1v) is 12.4. The highest BCUT2D eigenvalue weighted by atomic mass is 19.3. The maximum Gasteiger partial charge on any atom is 0.295 e. The van der Waals surface area contributed by atoms with Crippen LogP contribution in [0.4, 0.5) is 8.78 Å². The van der Waals surface area contributed by atoms with E-state index in [1.54, 1.807) is 32.0 Å². The highest BCUT2D eigenvalue weighted by molar-refractivity contribution is 5.99. The second-order valence-corrected chi connectivity index (χ2v) is 9.94. The van der Waals surface area contributed by atoms with E-state index in [1.165, 1.54) is 18.5 Å². The topological polar surface area (TPSA) is 141 Å². The number of alkyl halides is 2. The molecule has 0 atom stereocenters. The standard InChI is InChI=1S/C26H31F2N5O5/c1-26(2,36)11-13-37-17-9-10-19-20(32-23(21(27)28)33(19)14-17)24(35)31-15-5-7-16(8-6-15)38-25-18(22(29)34)4-3-12-30-25/h3-4,9-10,12,14-16,21,36H,5-8,11,13H2,1-2H3,(H2,29,34)(H,31,35). The van der Waals surface area contributed by atoms with E-state index in [1.807, 2.05) is 0 Å². The van der Waals surface area contributed by atoms with Crippen molar-refractivity contribution in [2.45, 2.75) is 70.1 Å². The number of carbonyl (C=O) groups excluding carboxylic acids is 2. The minimum absolute atomic E-state index is 0.0960. The molecule has 0 saturated heterocycles. The number of hydrogen-bond donors (Lipinski definition) is 3. The van der Waals surface area contributed by atoms with Crippen molar-refractivity contribution < 1.29 is 33.0 Å². The Morgan fingerprint density at radius 2 is 1.97 bits per heavy atom. The molecule has 0 spiro atoms. The Bertz CT molecular complexity index is 1300. The van der Waals surface area contributed by atoms with Crippen LogP contribution >= 0.6 is 0 Å². The fraction of sp³-hybridized carbons (Fsp3) is 0.462. The van der Waals surface area contributed by atoms with Crippen LogP contribution in [0.2, 0.25) is 0 Å². The summed E-state index contributed by atoms with van der Waals surface area (Å²) in [6, 6.07) is 6.04. The van der Waals surface area contributed by atoms with Gasteiger partial charge in [-0.1, -0.05) is 0 Å². The summed E-state index contributed by atoms with van der Waals surface area (Å²) in [4.78, 5) is 32.7. The fourth-order valence-corrected chi connectivity index (χ4v) is 4.32. The Morgan fingerprint density at radius 3 is 2.63 bits per heavy atom. The Hall–Kier alpha value is -3.80. The van der Waals surface area contributed by atoms with E-state index in [9.17, 15) is 23.5 Å². The van der Waals surface area contributed by atoms with Crippen molar-refractivity contribution in [3.05, 3.63) is 53.7 Å². The van der Waals surface area contributed by atoms with Crippen LogP contribution in [0.15, 0.2) is 36.7 Å². The zero-order valence-electron chi connectivity index (χ0n) is 21.2. The van der Waals surface area contributed by atoms with Crippen LogP contribution in [0, 0.1) is 0 Å². The summed E-state index contributed by atoms with van der Waals surface area (Å²) in [7, 11) is 0. The molecule has 1 aliphatic carbocycles. The van der Waals surface area contributed by atoms with E-state index in [0.717, 1.165) is 4.40 Å². The van der Waals surface area contributed by atoms with Gasteiger partial charge in [0.2, 0.25) is 5.88 Å². The third-order valence-electron chi connectivity index (χ3n) is 6.35. The second-order valence-electron chi connectivity index (χ2n) is 9.94. The number of carbonyl (C=O) groups is 2. The van der Waals surface area contributed by atoms with E-state index >= 15 is 0 Å². The minimum Gasteiger partial charge on any atom is -0.492 e. The molecule has 4 rings (SSSR count). The second kappa shape index (κ2) is 11.3. The number of halogens is 2. The Balaban J connectivity index is 1.40. The molecule has 204 valence electrons. The fourth-order valence-electron chi connectivity index (χ4n) is 4.32. The number of ether oxygens (including phenoxy) is 2. The number of rotatable bonds is 10. The van der Waals surface area contributed by atoms with Gasteiger partial charge >= 0.3 is 0 Å². The number of primary amides is 1. The number of nitrogens with two attached hydrogens (primary N) is 1. The van der Waals surface area contributed by atoms with E-state index in [-0.39, 0.29) is 41.4 Å². The number of imidazole rings is 1. The highest BCUT2D eigenvalue weighted by Crippen LogP contribution is 2.27. The molecular weight excluding hydrogens is 500 g/mol. The normalized spacial score (nSPS) is 17.9. The van der Waals surface area contributed by atoms with Gasteiger partial charge in [0.1, 0.15) is 17.4 Å². The van der Waals surface area contributed by atoms with E-state index in [4.69, 9.17) is 15.2 Å². The summed E-state index contributed by atoms with van der Waals surface area (Å²) >= 11 is 0. The number of amides is 2. The predicted molar refractivity (Wildman–Crippen MR) is 133 cm³/mol. The number of aliphatic hydroxyl groups is 1. The van der Waals surface area contributed by atoms with Crippen molar-refractivity contribution in [3.63, 3.8) is 0 Å². The first kappa shape index (κ1) is 27.2. The maximum absolute atomic E-state index is 13.7. The highest BCUT2D eigenvalue weighted by Gasteiger charge is 2.28. The number of aromatic nitrogens is 3. The number of pyridine rings is 2. The Labute approximate surface area is 218 Å². The maximum atomic E-state index is 13.7. The van der Waals surface area contributed by atoms with Crippen LogP contribution in [0.1, 0.15) is 79.0 Å². The van der Waals surface area contributed by atoms with Crippen molar-refractivity contribution in [2.75, 3.05) is 6.61 Å². The molecule has 3 aromatic rings. The zero-order valence-corrected chi connectivity index (χ0v) is 21.2. The van der Waals surface area contributed by atoms with Gasteiger partial charge in [-0.05, 0) is 63.8 Å². The summed E-state index contributed by atoms with van der Waals surface area (Å²) in [5, 5.41) is 12.7. The van der Waals surface area contributed by atoms with Gasteiger partial charge in [-0.25, -0.2) is 18.7 Å². The van der Waals surface area contributed by atoms with Crippen molar-refractivity contribution in [3.8, 4) is 11.6 Å². The molecule has 1 aliphatic rings. The monoisotopic (exact) mass is 531 g/mol. The van der Waals surface area contributed by atoms with E-state index < -0.39 is 29.7 Å². The Kier molecular flexibility index (Phi) is 8.10. The minimum atomic E-state index is -2.90. The van der Waals surface area contributed by atoms with Gasteiger partial charge in [0.25, 0.3) is 18.2 Å². The van der Waals surface area contributed by atoms with Crippen molar-refractivity contribution in [2.24, 2.45) is 5.73 Å². The van der Waals surface area contributed by atoms with Crippen LogP contribution in [-0.4, -0.2) is 55.6 Å². The largest absolute Gasteiger partial charge is 0.492 e. The quantitative estimate of drug-likeness (QED) is 0.364. The van der Waals surface area contributed by atoms with Crippen molar-refractivity contribution in [1.29, 1.82) is 0 Å². The molecule has 3 aromatic heterocycles. The summed E-state index contributed by atoms with van der Waals surface area (Å²) in [5.41, 5.74) is 4.80. The van der Waals surface area contributed by atoms with Crippen molar-refractivity contribution in [1.82, 2.24) is 19.7 Å². The molecule has 38 heavy (non-hydrogen) atoms. The summed E-state index contributed by atoms with van der Waals surface area (Å²) in [6.45, 7) is 3.49. The van der Waals surface area contributed by atoms with Crippen LogP contribution < -0.4 is 20.5 Å². The summed E-state index contributed by atoms with van der Waals surface area (Å²) < 4.78 is 40.1. The van der Waals surface area contributed by atoms with Gasteiger partial charge in [0.15, 0.2) is 11.5 Å². The molecule has 0 radical (unpaired) electrons. The smallest absolute Gasteiger partial charge is 0.295 e. The molecule has 1 saturated carbocycles. The molecule has 4 N–H and O–H groups in total. The molecule has 0 aromatic carbocycles. The molecule has 12 heteroatoms. The van der Waals surface area contributed by atoms with E-state index in [2.05, 4.69) is 15.3 Å². The molecule has 10 nitrogen and oxygen atoms in total. The summed E-state index contributed by atoms with van der Waals surface area (Å²) in [5.74, 6) is -1.23. The predicted octanol–water partition coefficient (Wildman–Crippen LogP) is 3.43. The molecule has 1 fully saturated rings. The van der Waals surface area contributed by atoms with Crippen LogP contribution in [-0.2, 0) is 0 Å². The van der Waals surface area contributed by atoms with Crippen LogP contribution in [0.3, 0.4) is 0 Å². The van der Waals surface area contributed by atoms with Gasteiger partial charge in [-0.15, -0.1) is 0 Å². The lowest BCUT2D eigenvalue weighted by atomic mass is 9.93. The lowest BCUT2D eigenvalue weighted by Gasteiger charge is -2.29. The number of hydrogen-bond acceptors (Lipinski definition) is 7. The van der Waals surface area contributed by atoms with Crippen LogP contribution in [0.25, 0.3) is 5.52 Å².